The highest BCUT2D eigenvalue weighted by Gasteiger charge is 2.18. The topological polar surface area (TPSA) is 42.7 Å². The summed E-state index contributed by atoms with van der Waals surface area (Å²) >= 11 is 0. The van der Waals surface area contributed by atoms with Gasteiger partial charge in [0.1, 0.15) is 6.61 Å². The van der Waals surface area contributed by atoms with E-state index in [2.05, 4.69) is 15.0 Å². The summed E-state index contributed by atoms with van der Waals surface area (Å²) < 4.78 is 7.30. The Morgan fingerprint density at radius 3 is 3.20 bits per heavy atom. The number of aryl methyl sites for hydroxylation is 1. The number of rotatable bonds is 0. The maximum atomic E-state index is 5.55. The van der Waals surface area contributed by atoms with Crippen LogP contribution >= 0.6 is 0 Å². The number of nitrogens with zero attached hydrogens (tertiary/aromatic N) is 4. The van der Waals surface area contributed by atoms with Crippen LogP contribution in [0.15, 0.2) is 12.4 Å². The number of anilines is 1. The Morgan fingerprint density at radius 1 is 1.47 bits per heavy atom. The van der Waals surface area contributed by atoms with Gasteiger partial charge in [0, 0.05) is 12.6 Å². The van der Waals surface area contributed by atoms with Crippen molar-refractivity contribution in [1.82, 2.24) is 14.6 Å². The molecule has 0 bridgehead atoms. The Kier molecular flexibility index (Phi) is 1.62. The average molecular weight is 204 g/mol. The molecule has 5 heteroatoms. The first-order valence-electron chi connectivity index (χ1n) is 4.94. The number of hydrogen-bond acceptors (Lipinski definition) is 4. The fourth-order valence-electron chi connectivity index (χ4n) is 1.77. The van der Waals surface area contributed by atoms with E-state index in [1.807, 2.05) is 26.4 Å². The van der Waals surface area contributed by atoms with Crippen molar-refractivity contribution in [3.8, 4) is 5.75 Å². The second-order valence-electron chi connectivity index (χ2n) is 3.79. The molecule has 0 fully saturated rings. The summed E-state index contributed by atoms with van der Waals surface area (Å²) in [4.78, 5) is 6.66. The zero-order valence-electron chi connectivity index (χ0n) is 8.77. The van der Waals surface area contributed by atoms with Crippen LogP contribution in [-0.4, -0.2) is 34.8 Å². The van der Waals surface area contributed by atoms with Gasteiger partial charge in [0.05, 0.1) is 18.9 Å². The van der Waals surface area contributed by atoms with Gasteiger partial charge in [0.25, 0.3) is 0 Å². The fourth-order valence-corrected chi connectivity index (χ4v) is 1.77. The molecular formula is C10H12N4O. The molecule has 0 N–H and O–H groups in total. The highest BCUT2D eigenvalue weighted by atomic mass is 16.5. The molecule has 0 unspecified atom stereocenters. The lowest BCUT2D eigenvalue weighted by Gasteiger charge is -2.26. The van der Waals surface area contributed by atoms with Gasteiger partial charge in [0.2, 0.25) is 0 Å². The Balaban J connectivity index is 2.29. The largest absolute Gasteiger partial charge is 0.486 e. The molecule has 1 aliphatic heterocycles. The van der Waals surface area contributed by atoms with E-state index in [1.54, 1.807) is 4.52 Å². The summed E-state index contributed by atoms with van der Waals surface area (Å²) in [5, 5.41) is 4.21. The molecule has 0 radical (unpaired) electrons. The number of likely N-dealkylation sites (N-methyl/N-ethyl adjacent to an activating group) is 1. The van der Waals surface area contributed by atoms with Crippen LogP contribution in [0.5, 0.6) is 5.75 Å². The molecule has 1 aliphatic rings. The molecule has 2 aromatic heterocycles. The first-order valence-corrected chi connectivity index (χ1v) is 4.94. The minimum absolute atomic E-state index is 0.705. The zero-order valence-corrected chi connectivity index (χ0v) is 8.77. The lowest BCUT2D eigenvalue weighted by molar-refractivity contribution is 0.307. The summed E-state index contributed by atoms with van der Waals surface area (Å²) in [6, 6.07) is 0. The maximum absolute atomic E-state index is 5.55. The van der Waals surface area contributed by atoms with Gasteiger partial charge in [0.15, 0.2) is 17.2 Å². The third-order valence-corrected chi connectivity index (χ3v) is 2.66. The van der Waals surface area contributed by atoms with Crippen molar-refractivity contribution in [2.45, 2.75) is 6.92 Å². The average Bonchev–Trinajstić information content (AvgIpc) is 2.59. The molecule has 0 saturated carbocycles. The summed E-state index contributed by atoms with van der Waals surface area (Å²) in [5.74, 6) is 1.71. The summed E-state index contributed by atoms with van der Waals surface area (Å²) in [6.07, 6.45) is 3.70. The number of ether oxygens (including phenoxy) is 1. The van der Waals surface area contributed by atoms with Crippen LogP contribution in [0.25, 0.3) is 5.65 Å². The summed E-state index contributed by atoms with van der Waals surface area (Å²) in [5.41, 5.74) is 1.97. The first kappa shape index (κ1) is 8.52. The van der Waals surface area contributed by atoms with Crippen molar-refractivity contribution in [3.05, 3.63) is 18.0 Å². The van der Waals surface area contributed by atoms with E-state index in [1.165, 1.54) is 0 Å². The maximum Gasteiger partial charge on any atom is 0.180 e. The zero-order chi connectivity index (χ0) is 10.4. The van der Waals surface area contributed by atoms with E-state index in [4.69, 9.17) is 4.74 Å². The van der Waals surface area contributed by atoms with Gasteiger partial charge >= 0.3 is 0 Å². The van der Waals surface area contributed by atoms with E-state index >= 15 is 0 Å². The second kappa shape index (κ2) is 2.85. The van der Waals surface area contributed by atoms with E-state index in [9.17, 15) is 0 Å². The molecule has 0 spiro atoms. The molecule has 0 saturated heterocycles. The number of aromatic nitrogens is 3. The third kappa shape index (κ3) is 1.16. The molecule has 3 rings (SSSR count). The number of hydrogen-bond donors (Lipinski definition) is 0. The van der Waals surface area contributed by atoms with Crippen LogP contribution < -0.4 is 9.64 Å². The van der Waals surface area contributed by atoms with Gasteiger partial charge in [-0.25, -0.2) is 9.50 Å². The van der Waals surface area contributed by atoms with E-state index in [0.29, 0.717) is 6.61 Å². The lowest BCUT2D eigenvalue weighted by Crippen LogP contribution is -2.30. The van der Waals surface area contributed by atoms with Crippen LogP contribution in [0, 0.1) is 6.92 Å². The normalized spacial score (nSPS) is 15.2. The van der Waals surface area contributed by atoms with Crippen molar-refractivity contribution in [2.75, 3.05) is 25.1 Å². The molecule has 15 heavy (non-hydrogen) atoms. The van der Waals surface area contributed by atoms with Crippen molar-refractivity contribution >= 4 is 11.5 Å². The molecule has 0 aliphatic carbocycles. The fraction of sp³-hybridized carbons (Fsp3) is 0.400. The molecule has 3 heterocycles. The quantitative estimate of drug-likeness (QED) is 0.638. The van der Waals surface area contributed by atoms with Crippen LogP contribution in [0.4, 0.5) is 5.82 Å². The Labute approximate surface area is 87.3 Å². The standard InChI is InChI=1S/C10H12N4O/c1-7-5-11-14-6-8-10(12-9(7)14)13(2)3-4-15-8/h5-6H,3-4H2,1-2H3. The van der Waals surface area contributed by atoms with Crippen LogP contribution in [0.3, 0.4) is 0 Å². The SMILES string of the molecule is Cc1cnn2cc3c(nc12)N(C)CCO3. The summed E-state index contributed by atoms with van der Waals surface area (Å²) in [7, 11) is 2.02. The molecule has 2 aromatic rings. The Morgan fingerprint density at radius 2 is 2.33 bits per heavy atom. The second-order valence-corrected chi connectivity index (χ2v) is 3.79. The van der Waals surface area contributed by atoms with Gasteiger partial charge in [-0.15, -0.1) is 0 Å². The van der Waals surface area contributed by atoms with Crippen molar-refractivity contribution in [3.63, 3.8) is 0 Å². The van der Waals surface area contributed by atoms with Crippen molar-refractivity contribution < 1.29 is 4.74 Å². The van der Waals surface area contributed by atoms with Gasteiger partial charge < -0.3 is 9.64 Å². The molecule has 0 aromatic carbocycles. The van der Waals surface area contributed by atoms with Crippen LogP contribution in [0.2, 0.25) is 0 Å². The van der Waals surface area contributed by atoms with E-state index in [-0.39, 0.29) is 0 Å². The van der Waals surface area contributed by atoms with Gasteiger partial charge in [-0.1, -0.05) is 0 Å². The molecular weight excluding hydrogens is 192 g/mol. The predicted molar refractivity (Wildman–Crippen MR) is 56.5 cm³/mol. The third-order valence-electron chi connectivity index (χ3n) is 2.66. The van der Waals surface area contributed by atoms with Crippen molar-refractivity contribution in [2.24, 2.45) is 0 Å². The Hall–Kier alpha value is -1.78. The first-order chi connectivity index (χ1) is 7.25. The Bertz CT molecular complexity index is 519. The van der Waals surface area contributed by atoms with Gasteiger partial charge in [-0.2, -0.15) is 5.10 Å². The minimum atomic E-state index is 0.705. The minimum Gasteiger partial charge on any atom is -0.486 e. The molecule has 5 nitrogen and oxygen atoms in total. The smallest absolute Gasteiger partial charge is 0.180 e. The monoisotopic (exact) mass is 204 g/mol. The van der Waals surface area contributed by atoms with Gasteiger partial charge in [-0.05, 0) is 6.92 Å². The molecule has 0 amide bonds. The van der Waals surface area contributed by atoms with Crippen LogP contribution in [0.1, 0.15) is 5.56 Å². The molecule has 0 atom stereocenters. The number of fused-ring (bicyclic) bond motifs is 2. The highest BCUT2D eigenvalue weighted by Crippen LogP contribution is 2.28. The van der Waals surface area contributed by atoms with Crippen LogP contribution in [-0.2, 0) is 0 Å². The summed E-state index contributed by atoms with van der Waals surface area (Å²) in [6.45, 7) is 3.59. The lowest BCUT2D eigenvalue weighted by atomic mass is 10.3. The van der Waals surface area contributed by atoms with E-state index in [0.717, 1.165) is 29.3 Å². The predicted octanol–water partition coefficient (Wildman–Crippen LogP) is 0.866. The van der Waals surface area contributed by atoms with Crippen molar-refractivity contribution in [1.29, 1.82) is 0 Å². The molecule has 78 valence electrons. The van der Waals surface area contributed by atoms with Gasteiger partial charge in [-0.3, -0.25) is 0 Å². The van der Waals surface area contributed by atoms with E-state index < -0.39 is 0 Å². The highest BCUT2D eigenvalue weighted by molar-refractivity contribution is 5.59.